The van der Waals surface area contributed by atoms with E-state index in [2.05, 4.69) is 0 Å². The molecule has 144 valence electrons. The highest BCUT2D eigenvalue weighted by atomic mass is 16.6. The van der Waals surface area contributed by atoms with E-state index in [0.29, 0.717) is 0 Å². The van der Waals surface area contributed by atoms with Crippen molar-refractivity contribution in [2.75, 3.05) is 0 Å². The minimum atomic E-state index is -0.680. The quantitative estimate of drug-likeness (QED) is 0.421. The third kappa shape index (κ3) is 8.18. The van der Waals surface area contributed by atoms with Crippen LogP contribution in [0.15, 0.2) is 53.1 Å². The number of allylic oxidation sites excluding steroid dienone is 3. The van der Waals surface area contributed by atoms with Gasteiger partial charge in [-0.1, -0.05) is 22.8 Å². The lowest BCUT2D eigenvalue weighted by atomic mass is 10.2. The normalized spacial score (nSPS) is 9.56. The maximum absolute atomic E-state index is 12.1. The molecule has 0 bridgehead atoms. The van der Waals surface area contributed by atoms with Gasteiger partial charge in [-0.15, -0.1) is 0 Å². The molecule has 0 saturated heterocycles. The summed E-state index contributed by atoms with van der Waals surface area (Å²) < 4.78 is 15.8. The minimum Gasteiger partial charge on any atom is -0.419 e. The second-order valence-electron chi connectivity index (χ2n) is 6.51. The number of carbonyl (C=O) groups excluding carboxylic acids is 3. The van der Waals surface area contributed by atoms with Gasteiger partial charge in [0.25, 0.3) is 0 Å². The highest BCUT2D eigenvalue weighted by molar-refractivity contribution is 5.89. The Morgan fingerprint density at radius 1 is 0.630 bits per heavy atom. The summed E-state index contributed by atoms with van der Waals surface area (Å²) in [6, 6.07) is 4.41. The molecular weight excluding hydrogens is 348 g/mol. The first kappa shape index (κ1) is 21.9. The van der Waals surface area contributed by atoms with Crippen molar-refractivity contribution in [1.29, 1.82) is 0 Å². The summed E-state index contributed by atoms with van der Waals surface area (Å²) in [6.07, 6.45) is 3.86. The van der Waals surface area contributed by atoms with Gasteiger partial charge in [0.1, 0.15) is 0 Å². The highest BCUT2D eigenvalue weighted by Gasteiger charge is 2.19. The zero-order valence-corrected chi connectivity index (χ0v) is 16.4. The molecule has 0 aromatic heterocycles. The summed E-state index contributed by atoms with van der Waals surface area (Å²) in [4.78, 5) is 35.9. The molecule has 0 radical (unpaired) electrons. The van der Waals surface area contributed by atoms with E-state index in [-0.39, 0.29) is 17.2 Å². The van der Waals surface area contributed by atoms with Gasteiger partial charge in [-0.3, -0.25) is 0 Å². The van der Waals surface area contributed by atoms with Gasteiger partial charge in [0.2, 0.25) is 5.75 Å². The molecule has 0 aliphatic carbocycles. The van der Waals surface area contributed by atoms with E-state index >= 15 is 0 Å². The molecule has 0 spiro atoms. The zero-order chi connectivity index (χ0) is 20.6. The van der Waals surface area contributed by atoms with Crippen molar-refractivity contribution in [2.24, 2.45) is 0 Å². The number of benzene rings is 1. The maximum atomic E-state index is 12.1. The van der Waals surface area contributed by atoms with Crippen LogP contribution in [0.1, 0.15) is 41.5 Å². The van der Waals surface area contributed by atoms with Crippen LogP contribution in [-0.4, -0.2) is 17.9 Å². The van der Waals surface area contributed by atoms with Crippen molar-refractivity contribution >= 4 is 17.9 Å². The average Bonchev–Trinajstić information content (AvgIpc) is 2.47. The van der Waals surface area contributed by atoms with Crippen molar-refractivity contribution in [3.63, 3.8) is 0 Å². The Balaban J connectivity index is 3.30. The van der Waals surface area contributed by atoms with Gasteiger partial charge < -0.3 is 14.2 Å². The number of hydrogen-bond acceptors (Lipinski definition) is 6. The first-order valence-corrected chi connectivity index (χ1v) is 8.31. The number of para-hydroxylation sites is 1. The topological polar surface area (TPSA) is 78.9 Å². The maximum Gasteiger partial charge on any atom is 0.336 e. The Kier molecular flexibility index (Phi) is 8.20. The van der Waals surface area contributed by atoms with Crippen molar-refractivity contribution in [3.05, 3.63) is 53.1 Å². The summed E-state index contributed by atoms with van der Waals surface area (Å²) in [5, 5.41) is 0. The fourth-order valence-corrected chi connectivity index (χ4v) is 1.87. The van der Waals surface area contributed by atoms with Crippen LogP contribution in [0.3, 0.4) is 0 Å². The van der Waals surface area contributed by atoms with Gasteiger partial charge in [-0.05, 0) is 53.7 Å². The Morgan fingerprint density at radius 3 is 1.30 bits per heavy atom. The van der Waals surface area contributed by atoms with Gasteiger partial charge in [-0.2, -0.15) is 0 Å². The second kappa shape index (κ2) is 10.1. The molecule has 1 aromatic carbocycles. The molecule has 0 atom stereocenters. The standard InChI is InChI=1S/C21H24O6/c1-13(2)10-18(22)25-16-8-7-9-17(26-19(23)11-14(3)4)21(16)27-20(24)12-15(5)6/h7-12H,1-6H3. The summed E-state index contributed by atoms with van der Waals surface area (Å²) in [5.74, 6) is -2.16. The lowest BCUT2D eigenvalue weighted by Crippen LogP contribution is -2.12. The van der Waals surface area contributed by atoms with Crippen LogP contribution in [0.5, 0.6) is 17.2 Å². The fraction of sp³-hybridized carbons (Fsp3) is 0.286. The molecular formula is C21H24O6. The van der Waals surface area contributed by atoms with E-state index in [1.54, 1.807) is 41.5 Å². The van der Waals surface area contributed by atoms with Crippen LogP contribution in [0.2, 0.25) is 0 Å². The SMILES string of the molecule is CC(C)=CC(=O)Oc1cccc(OC(=O)C=C(C)C)c1OC(=O)C=C(C)C. The number of hydrogen-bond donors (Lipinski definition) is 0. The molecule has 0 amide bonds. The number of carbonyl (C=O) groups is 3. The highest BCUT2D eigenvalue weighted by Crippen LogP contribution is 2.38. The van der Waals surface area contributed by atoms with Crippen LogP contribution in [-0.2, 0) is 14.4 Å². The van der Waals surface area contributed by atoms with E-state index in [9.17, 15) is 14.4 Å². The van der Waals surface area contributed by atoms with E-state index in [4.69, 9.17) is 14.2 Å². The van der Waals surface area contributed by atoms with Crippen LogP contribution in [0.4, 0.5) is 0 Å². The summed E-state index contributed by atoms with van der Waals surface area (Å²) >= 11 is 0. The summed E-state index contributed by atoms with van der Waals surface area (Å²) in [6.45, 7) is 10.4. The Hall–Kier alpha value is -3.15. The third-order valence-electron chi connectivity index (χ3n) is 2.79. The summed E-state index contributed by atoms with van der Waals surface area (Å²) in [5.41, 5.74) is 2.21. The van der Waals surface area contributed by atoms with Gasteiger partial charge in [0.05, 0.1) is 0 Å². The second-order valence-corrected chi connectivity index (χ2v) is 6.51. The monoisotopic (exact) mass is 372 g/mol. The number of ether oxygens (including phenoxy) is 3. The molecule has 0 heterocycles. The first-order valence-electron chi connectivity index (χ1n) is 8.31. The Morgan fingerprint density at radius 2 is 0.963 bits per heavy atom. The molecule has 0 saturated carbocycles. The van der Waals surface area contributed by atoms with Crippen LogP contribution in [0.25, 0.3) is 0 Å². The molecule has 1 rings (SSSR count). The Bertz CT molecular complexity index is 765. The van der Waals surface area contributed by atoms with E-state index in [1.165, 1.54) is 36.4 Å². The first-order chi connectivity index (χ1) is 12.6. The van der Waals surface area contributed by atoms with Crippen LogP contribution in [0, 0.1) is 0 Å². The van der Waals surface area contributed by atoms with Gasteiger partial charge >= 0.3 is 17.9 Å². The largest absolute Gasteiger partial charge is 0.419 e. The molecule has 6 heteroatoms. The predicted molar refractivity (Wildman–Crippen MR) is 102 cm³/mol. The smallest absolute Gasteiger partial charge is 0.336 e. The molecule has 0 fully saturated rings. The molecule has 1 aromatic rings. The van der Waals surface area contributed by atoms with Crippen molar-refractivity contribution in [3.8, 4) is 17.2 Å². The minimum absolute atomic E-state index is 0.0319. The number of rotatable bonds is 6. The van der Waals surface area contributed by atoms with Crippen LogP contribution < -0.4 is 14.2 Å². The number of esters is 3. The zero-order valence-electron chi connectivity index (χ0n) is 16.4. The summed E-state index contributed by atoms with van der Waals surface area (Å²) in [7, 11) is 0. The predicted octanol–water partition coefficient (Wildman–Crippen LogP) is 4.30. The van der Waals surface area contributed by atoms with Gasteiger partial charge in [0, 0.05) is 18.2 Å². The molecule has 27 heavy (non-hydrogen) atoms. The van der Waals surface area contributed by atoms with Crippen LogP contribution >= 0.6 is 0 Å². The molecule has 0 N–H and O–H groups in total. The van der Waals surface area contributed by atoms with Gasteiger partial charge in [-0.25, -0.2) is 14.4 Å². The molecule has 0 aliphatic rings. The van der Waals surface area contributed by atoms with E-state index < -0.39 is 17.9 Å². The lowest BCUT2D eigenvalue weighted by molar-refractivity contribution is -0.132. The van der Waals surface area contributed by atoms with Crippen molar-refractivity contribution in [1.82, 2.24) is 0 Å². The Labute approximate surface area is 159 Å². The van der Waals surface area contributed by atoms with Gasteiger partial charge in [0.15, 0.2) is 11.5 Å². The van der Waals surface area contributed by atoms with E-state index in [0.717, 1.165) is 16.7 Å². The molecule has 0 aliphatic heterocycles. The average molecular weight is 372 g/mol. The molecule has 6 nitrogen and oxygen atoms in total. The molecule has 0 unspecified atom stereocenters. The van der Waals surface area contributed by atoms with Crippen molar-refractivity contribution in [2.45, 2.75) is 41.5 Å². The van der Waals surface area contributed by atoms with Crippen molar-refractivity contribution < 1.29 is 28.6 Å². The third-order valence-corrected chi connectivity index (χ3v) is 2.79. The van der Waals surface area contributed by atoms with E-state index in [1.807, 2.05) is 0 Å². The fourth-order valence-electron chi connectivity index (χ4n) is 1.87. The lowest BCUT2D eigenvalue weighted by Gasteiger charge is -2.13.